The summed E-state index contributed by atoms with van der Waals surface area (Å²) in [5.74, 6) is 1.07. The van der Waals surface area contributed by atoms with E-state index in [1.165, 1.54) is 22.2 Å². The lowest BCUT2D eigenvalue weighted by Crippen LogP contribution is -2.47. The number of fused-ring (bicyclic) bond motifs is 1. The molecule has 0 aliphatic carbocycles. The highest BCUT2D eigenvalue weighted by Gasteiger charge is 2.23. The van der Waals surface area contributed by atoms with E-state index in [0.717, 1.165) is 51.4 Å². The normalized spacial score (nSPS) is 18.1. The maximum absolute atomic E-state index is 11.3. The Labute approximate surface area is 161 Å². The van der Waals surface area contributed by atoms with Gasteiger partial charge < -0.3 is 20.9 Å². The van der Waals surface area contributed by atoms with Crippen molar-refractivity contribution in [2.75, 3.05) is 26.2 Å². The molecule has 1 saturated heterocycles. The van der Waals surface area contributed by atoms with Gasteiger partial charge in [-0.3, -0.25) is 9.79 Å². The average molecular weight is 370 g/mol. The SMILES string of the molecule is CCNC(=NCCc1c(C)[nH]c2ccccc12)N1CCCC(CC(N)=O)C1. The quantitative estimate of drug-likeness (QED) is 0.540. The number of rotatable bonds is 6. The van der Waals surface area contributed by atoms with Crippen molar-refractivity contribution < 1.29 is 4.79 Å². The Hall–Kier alpha value is -2.50. The highest BCUT2D eigenvalue weighted by molar-refractivity contribution is 5.84. The van der Waals surface area contributed by atoms with Gasteiger partial charge in [0, 0.05) is 49.2 Å². The number of likely N-dealkylation sites (tertiary alicyclic amines) is 1. The number of hydrogen-bond acceptors (Lipinski definition) is 2. The minimum atomic E-state index is -0.210. The molecule has 3 rings (SSSR count). The van der Waals surface area contributed by atoms with E-state index < -0.39 is 0 Å². The Morgan fingerprint density at radius 2 is 2.22 bits per heavy atom. The van der Waals surface area contributed by atoms with Crippen LogP contribution in [0.1, 0.15) is 37.4 Å². The number of amides is 1. The molecule has 4 N–H and O–H groups in total. The molecule has 1 aromatic heterocycles. The van der Waals surface area contributed by atoms with E-state index in [4.69, 9.17) is 10.7 Å². The van der Waals surface area contributed by atoms with Crippen molar-refractivity contribution in [3.05, 3.63) is 35.5 Å². The van der Waals surface area contributed by atoms with E-state index in [0.29, 0.717) is 12.3 Å². The van der Waals surface area contributed by atoms with Crippen LogP contribution in [-0.4, -0.2) is 47.9 Å². The van der Waals surface area contributed by atoms with Crippen molar-refractivity contribution in [2.24, 2.45) is 16.6 Å². The number of hydrogen-bond donors (Lipinski definition) is 3. The van der Waals surface area contributed by atoms with Crippen LogP contribution >= 0.6 is 0 Å². The van der Waals surface area contributed by atoms with E-state index in [2.05, 4.69) is 53.3 Å². The fourth-order valence-corrected chi connectivity index (χ4v) is 4.06. The Morgan fingerprint density at radius 3 is 3.00 bits per heavy atom. The number of aromatic amines is 1. The molecule has 6 heteroatoms. The number of carbonyl (C=O) groups is 1. The number of benzene rings is 1. The number of nitrogens with one attached hydrogen (secondary N) is 2. The van der Waals surface area contributed by atoms with Crippen molar-refractivity contribution in [3.8, 4) is 0 Å². The number of nitrogens with two attached hydrogens (primary N) is 1. The van der Waals surface area contributed by atoms with Crippen LogP contribution in [0.15, 0.2) is 29.3 Å². The number of piperidine rings is 1. The second-order valence-electron chi connectivity index (χ2n) is 7.38. The Morgan fingerprint density at radius 1 is 1.41 bits per heavy atom. The Kier molecular flexibility index (Phi) is 6.37. The first kappa shape index (κ1) is 19.3. The average Bonchev–Trinajstić information content (AvgIpc) is 2.96. The van der Waals surface area contributed by atoms with Gasteiger partial charge in [0.25, 0.3) is 0 Å². The number of aryl methyl sites for hydroxylation is 1. The zero-order valence-corrected chi connectivity index (χ0v) is 16.4. The maximum atomic E-state index is 11.3. The van der Waals surface area contributed by atoms with Crippen LogP contribution in [0.5, 0.6) is 0 Å². The first-order chi connectivity index (χ1) is 13.1. The van der Waals surface area contributed by atoms with Gasteiger partial charge in [0.2, 0.25) is 5.91 Å². The number of H-pyrrole nitrogens is 1. The molecule has 27 heavy (non-hydrogen) atoms. The molecule has 1 aliphatic rings. The second-order valence-corrected chi connectivity index (χ2v) is 7.38. The van der Waals surface area contributed by atoms with Gasteiger partial charge in [0.05, 0.1) is 0 Å². The Balaban J connectivity index is 1.68. The lowest BCUT2D eigenvalue weighted by molar-refractivity contribution is -0.119. The molecule has 0 radical (unpaired) electrons. The van der Waals surface area contributed by atoms with Gasteiger partial charge in [-0.1, -0.05) is 18.2 Å². The number of para-hydroxylation sites is 1. The Bertz CT molecular complexity index is 810. The topological polar surface area (TPSA) is 86.5 Å². The summed E-state index contributed by atoms with van der Waals surface area (Å²) in [6.45, 7) is 7.62. The van der Waals surface area contributed by atoms with Crippen LogP contribution < -0.4 is 11.1 Å². The zero-order valence-electron chi connectivity index (χ0n) is 16.4. The van der Waals surface area contributed by atoms with Crippen molar-refractivity contribution >= 4 is 22.8 Å². The number of nitrogens with zero attached hydrogens (tertiary/aromatic N) is 2. The zero-order chi connectivity index (χ0) is 19.2. The fraction of sp³-hybridized carbons (Fsp3) is 0.524. The number of guanidine groups is 1. The van der Waals surface area contributed by atoms with Crippen molar-refractivity contribution in [3.63, 3.8) is 0 Å². The van der Waals surface area contributed by atoms with Crippen molar-refractivity contribution in [2.45, 2.75) is 39.5 Å². The molecule has 1 aliphatic heterocycles. The third-order valence-corrected chi connectivity index (χ3v) is 5.29. The van der Waals surface area contributed by atoms with E-state index in [1.807, 2.05) is 0 Å². The lowest BCUT2D eigenvalue weighted by atomic mass is 9.95. The highest BCUT2D eigenvalue weighted by atomic mass is 16.1. The summed E-state index contributed by atoms with van der Waals surface area (Å²) >= 11 is 0. The molecular formula is C21H31N5O. The molecule has 6 nitrogen and oxygen atoms in total. The number of carbonyl (C=O) groups excluding carboxylic acids is 1. The predicted molar refractivity (Wildman–Crippen MR) is 111 cm³/mol. The first-order valence-electron chi connectivity index (χ1n) is 9.96. The third kappa shape index (κ3) is 4.81. The third-order valence-electron chi connectivity index (χ3n) is 5.29. The van der Waals surface area contributed by atoms with Gasteiger partial charge in [-0.05, 0) is 50.7 Å². The lowest BCUT2D eigenvalue weighted by Gasteiger charge is -2.34. The number of primary amides is 1. The van der Waals surface area contributed by atoms with Crippen LogP contribution in [0, 0.1) is 12.8 Å². The summed E-state index contributed by atoms with van der Waals surface area (Å²) in [7, 11) is 0. The molecule has 0 saturated carbocycles. The standard InChI is InChI=1S/C21H31N5O/c1-3-23-21(26-12-6-7-16(14-26)13-20(22)27)24-11-10-17-15(2)25-19-9-5-4-8-18(17)19/h4-5,8-9,16,25H,3,6-7,10-14H2,1-2H3,(H2,22,27)(H,23,24). The van der Waals surface area contributed by atoms with E-state index >= 15 is 0 Å². The monoisotopic (exact) mass is 369 g/mol. The minimum Gasteiger partial charge on any atom is -0.370 e. The summed E-state index contributed by atoms with van der Waals surface area (Å²) in [5, 5.41) is 4.70. The fourth-order valence-electron chi connectivity index (χ4n) is 4.06. The maximum Gasteiger partial charge on any atom is 0.217 e. The molecule has 146 valence electrons. The molecule has 1 aromatic carbocycles. The molecular weight excluding hydrogens is 338 g/mol. The van der Waals surface area contributed by atoms with E-state index in [1.54, 1.807) is 0 Å². The summed E-state index contributed by atoms with van der Waals surface area (Å²) in [6, 6.07) is 8.43. The van der Waals surface area contributed by atoms with Crippen LogP contribution in [0.4, 0.5) is 0 Å². The highest BCUT2D eigenvalue weighted by Crippen LogP contribution is 2.22. The summed E-state index contributed by atoms with van der Waals surface area (Å²) in [6.07, 6.45) is 3.50. The van der Waals surface area contributed by atoms with Gasteiger partial charge in [0.15, 0.2) is 5.96 Å². The number of aromatic nitrogens is 1. The van der Waals surface area contributed by atoms with Crippen LogP contribution in [0.25, 0.3) is 10.9 Å². The van der Waals surface area contributed by atoms with Gasteiger partial charge in [0.1, 0.15) is 0 Å². The molecule has 0 bridgehead atoms. The van der Waals surface area contributed by atoms with Crippen LogP contribution in [-0.2, 0) is 11.2 Å². The number of aliphatic imine (C=N–C) groups is 1. The molecule has 2 aromatic rings. The minimum absolute atomic E-state index is 0.210. The van der Waals surface area contributed by atoms with Gasteiger partial charge in [-0.15, -0.1) is 0 Å². The molecule has 1 unspecified atom stereocenters. The van der Waals surface area contributed by atoms with Crippen molar-refractivity contribution in [1.29, 1.82) is 0 Å². The van der Waals surface area contributed by atoms with Gasteiger partial charge in [-0.2, -0.15) is 0 Å². The molecule has 1 fully saturated rings. The smallest absolute Gasteiger partial charge is 0.217 e. The van der Waals surface area contributed by atoms with Crippen LogP contribution in [0.3, 0.4) is 0 Å². The summed E-state index contributed by atoms with van der Waals surface area (Å²) < 4.78 is 0. The van der Waals surface area contributed by atoms with Gasteiger partial charge in [-0.25, -0.2) is 0 Å². The second kappa shape index (κ2) is 8.93. The van der Waals surface area contributed by atoms with E-state index in [9.17, 15) is 4.79 Å². The molecule has 0 spiro atoms. The van der Waals surface area contributed by atoms with Crippen molar-refractivity contribution in [1.82, 2.24) is 15.2 Å². The van der Waals surface area contributed by atoms with Crippen LogP contribution in [0.2, 0.25) is 0 Å². The predicted octanol–water partition coefficient (Wildman–Crippen LogP) is 2.57. The summed E-state index contributed by atoms with van der Waals surface area (Å²) in [5.41, 5.74) is 9.14. The molecule has 2 heterocycles. The molecule has 1 amide bonds. The largest absolute Gasteiger partial charge is 0.370 e. The van der Waals surface area contributed by atoms with Gasteiger partial charge >= 0.3 is 0 Å². The van der Waals surface area contributed by atoms with E-state index in [-0.39, 0.29) is 5.91 Å². The first-order valence-corrected chi connectivity index (χ1v) is 9.96. The molecule has 1 atom stereocenters. The summed E-state index contributed by atoms with van der Waals surface area (Å²) in [4.78, 5) is 21.9.